The fourth-order valence-corrected chi connectivity index (χ4v) is 1.54. The monoisotopic (exact) mass is 269 g/mol. The molecule has 0 saturated heterocycles. The van der Waals surface area contributed by atoms with Crippen LogP contribution in [0.5, 0.6) is 0 Å². The number of aliphatic hydroxyl groups excluding tert-OH is 1. The third-order valence-electron chi connectivity index (χ3n) is 2.43. The fourth-order valence-electron chi connectivity index (χ4n) is 1.54. The van der Waals surface area contributed by atoms with Gasteiger partial charge in [0, 0.05) is 13.1 Å². The molecule has 1 N–H and O–H groups in total. The molecule has 1 amide bonds. The molecule has 0 heterocycles. The van der Waals surface area contributed by atoms with Crippen molar-refractivity contribution < 1.29 is 19.0 Å². The van der Waals surface area contributed by atoms with Crippen LogP contribution in [0.3, 0.4) is 0 Å². The number of carbonyl (C=O) groups excluding carboxylic acids is 1. The summed E-state index contributed by atoms with van der Waals surface area (Å²) < 4.78 is 18.2. The lowest BCUT2D eigenvalue weighted by atomic mass is 10.2. The maximum atomic E-state index is 13.1. The van der Waals surface area contributed by atoms with Gasteiger partial charge in [-0.3, -0.25) is 0 Å². The van der Waals surface area contributed by atoms with E-state index in [9.17, 15) is 9.18 Å². The Morgan fingerprint density at radius 1 is 1.47 bits per heavy atom. The molecule has 0 fully saturated rings. The second-order valence-electron chi connectivity index (χ2n) is 4.75. The minimum atomic E-state index is -0.494. The average molecular weight is 269 g/mol. The van der Waals surface area contributed by atoms with Crippen LogP contribution in [-0.4, -0.2) is 35.9 Å². The second kappa shape index (κ2) is 7.74. The summed E-state index contributed by atoms with van der Waals surface area (Å²) in [6.45, 7) is 4.42. The van der Waals surface area contributed by atoms with Gasteiger partial charge < -0.3 is 14.7 Å². The number of aliphatic hydroxyl groups is 1. The van der Waals surface area contributed by atoms with E-state index in [1.165, 1.54) is 17.0 Å². The Labute approximate surface area is 112 Å². The van der Waals surface area contributed by atoms with Crippen LogP contribution >= 0.6 is 0 Å². The Bertz CT molecular complexity index is 409. The minimum absolute atomic E-state index is 0.160. The van der Waals surface area contributed by atoms with E-state index < -0.39 is 6.09 Å². The molecule has 0 aliphatic heterocycles. The first kappa shape index (κ1) is 15.4. The molecule has 4 nitrogen and oxygen atoms in total. The van der Waals surface area contributed by atoms with Crippen LogP contribution in [0.2, 0.25) is 0 Å². The van der Waals surface area contributed by atoms with Crippen LogP contribution in [-0.2, 0) is 11.3 Å². The molecule has 0 aromatic heterocycles. The number of ether oxygens (including phenoxy) is 1. The molecule has 106 valence electrons. The summed E-state index contributed by atoms with van der Waals surface area (Å²) in [5.74, 6) is -0.105. The molecule has 0 spiro atoms. The molecule has 0 unspecified atom stereocenters. The van der Waals surface area contributed by atoms with E-state index in [1.807, 2.05) is 13.8 Å². The van der Waals surface area contributed by atoms with Crippen molar-refractivity contribution in [1.29, 1.82) is 0 Å². The Hall–Kier alpha value is -1.62. The smallest absolute Gasteiger partial charge is 0.410 e. The van der Waals surface area contributed by atoms with Crippen molar-refractivity contribution in [3.63, 3.8) is 0 Å². The number of hydrogen-bond donors (Lipinski definition) is 1. The molecule has 0 saturated carbocycles. The van der Waals surface area contributed by atoms with E-state index in [2.05, 4.69) is 0 Å². The first-order valence-electron chi connectivity index (χ1n) is 6.30. The van der Waals surface area contributed by atoms with Gasteiger partial charge in [0.05, 0.1) is 13.2 Å². The van der Waals surface area contributed by atoms with Crippen molar-refractivity contribution in [2.45, 2.75) is 20.4 Å². The predicted molar refractivity (Wildman–Crippen MR) is 70.1 cm³/mol. The van der Waals surface area contributed by atoms with Gasteiger partial charge >= 0.3 is 6.09 Å². The molecule has 0 radical (unpaired) electrons. The Balaban J connectivity index is 2.64. The predicted octanol–water partition coefficient (Wildman–Crippen LogP) is 2.41. The lowest BCUT2D eigenvalue weighted by molar-refractivity contribution is 0.0824. The first-order valence-corrected chi connectivity index (χ1v) is 6.30. The summed E-state index contributed by atoms with van der Waals surface area (Å²) in [5, 5.41) is 8.97. The highest BCUT2D eigenvalue weighted by atomic mass is 19.1. The maximum absolute atomic E-state index is 13.1. The van der Waals surface area contributed by atoms with Gasteiger partial charge in [0.1, 0.15) is 5.82 Å². The second-order valence-corrected chi connectivity index (χ2v) is 4.75. The number of rotatable bonds is 6. The molecule has 1 aromatic rings. The molecule has 1 aromatic carbocycles. The van der Waals surface area contributed by atoms with Gasteiger partial charge in [0.15, 0.2) is 0 Å². The Morgan fingerprint density at radius 2 is 2.21 bits per heavy atom. The van der Waals surface area contributed by atoms with Crippen molar-refractivity contribution in [3.8, 4) is 0 Å². The molecule has 19 heavy (non-hydrogen) atoms. The van der Waals surface area contributed by atoms with Gasteiger partial charge in [-0.2, -0.15) is 0 Å². The largest absolute Gasteiger partial charge is 0.449 e. The van der Waals surface area contributed by atoms with E-state index in [4.69, 9.17) is 9.84 Å². The van der Waals surface area contributed by atoms with Crippen LogP contribution < -0.4 is 0 Å². The summed E-state index contributed by atoms with van der Waals surface area (Å²) in [5.41, 5.74) is 0.662. The van der Waals surface area contributed by atoms with E-state index in [-0.39, 0.29) is 31.4 Å². The Morgan fingerprint density at radius 3 is 2.79 bits per heavy atom. The number of halogens is 1. The van der Waals surface area contributed by atoms with Gasteiger partial charge in [0.25, 0.3) is 0 Å². The SMILES string of the molecule is CC(C)COC(=O)N(CCO)Cc1cccc(F)c1. The number of carbonyl (C=O) groups is 1. The van der Waals surface area contributed by atoms with Crippen molar-refractivity contribution in [2.75, 3.05) is 19.8 Å². The van der Waals surface area contributed by atoms with Gasteiger partial charge in [0.2, 0.25) is 0 Å². The Kier molecular flexibility index (Phi) is 6.29. The molecule has 0 bridgehead atoms. The van der Waals surface area contributed by atoms with Crippen molar-refractivity contribution in [1.82, 2.24) is 4.90 Å². The zero-order chi connectivity index (χ0) is 14.3. The van der Waals surface area contributed by atoms with Crippen LogP contribution in [0.25, 0.3) is 0 Å². The van der Waals surface area contributed by atoms with E-state index in [0.717, 1.165) is 0 Å². The number of amides is 1. The molecular weight excluding hydrogens is 249 g/mol. The van der Waals surface area contributed by atoms with Crippen LogP contribution in [0.4, 0.5) is 9.18 Å². The topological polar surface area (TPSA) is 49.8 Å². The molecular formula is C14H20FNO3. The standard InChI is InChI=1S/C14H20FNO3/c1-11(2)10-19-14(18)16(6-7-17)9-12-4-3-5-13(15)8-12/h3-5,8,11,17H,6-7,9-10H2,1-2H3. The molecule has 0 aliphatic carbocycles. The van der Waals surface area contributed by atoms with E-state index in [1.54, 1.807) is 12.1 Å². The summed E-state index contributed by atoms with van der Waals surface area (Å²) in [7, 11) is 0. The van der Waals surface area contributed by atoms with E-state index in [0.29, 0.717) is 12.2 Å². The highest BCUT2D eigenvalue weighted by molar-refractivity contribution is 5.67. The summed E-state index contributed by atoms with van der Waals surface area (Å²) in [6, 6.07) is 6.02. The van der Waals surface area contributed by atoms with Gasteiger partial charge in [-0.25, -0.2) is 9.18 Å². The van der Waals surface area contributed by atoms with Crippen LogP contribution in [0, 0.1) is 11.7 Å². The molecule has 1 rings (SSSR count). The average Bonchev–Trinajstić information content (AvgIpc) is 2.35. The number of benzene rings is 1. The zero-order valence-corrected chi connectivity index (χ0v) is 11.3. The first-order chi connectivity index (χ1) is 9.02. The summed E-state index contributed by atoms with van der Waals surface area (Å²) in [6.07, 6.45) is -0.494. The lowest BCUT2D eigenvalue weighted by Gasteiger charge is -2.22. The molecule has 0 atom stereocenters. The summed E-state index contributed by atoms with van der Waals surface area (Å²) in [4.78, 5) is 13.2. The van der Waals surface area contributed by atoms with Crippen molar-refractivity contribution in [3.05, 3.63) is 35.6 Å². The normalized spacial score (nSPS) is 10.6. The fraction of sp³-hybridized carbons (Fsp3) is 0.500. The molecule has 0 aliphatic rings. The van der Waals surface area contributed by atoms with Crippen LogP contribution in [0.15, 0.2) is 24.3 Å². The number of nitrogens with zero attached hydrogens (tertiary/aromatic N) is 1. The van der Waals surface area contributed by atoms with Crippen molar-refractivity contribution in [2.24, 2.45) is 5.92 Å². The van der Waals surface area contributed by atoms with Crippen molar-refractivity contribution >= 4 is 6.09 Å². The summed E-state index contributed by atoms with van der Waals surface area (Å²) >= 11 is 0. The third kappa shape index (κ3) is 5.70. The quantitative estimate of drug-likeness (QED) is 0.862. The lowest BCUT2D eigenvalue weighted by Crippen LogP contribution is -2.34. The van der Waals surface area contributed by atoms with Gasteiger partial charge in [-0.15, -0.1) is 0 Å². The minimum Gasteiger partial charge on any atom is -0.449 e. The third-order valence-corrected chi connectivity index (χ3v) is 2.43. The number of hydrogen-bond acceptors (Lipinski definition) is 3. The van der Waals surface area contributed by atoms with E-state index >= 15 is 0 Å². The maximum Gasteiger partial charge on any atom is 0.410 e. The van der Waals surface area contributed by atoms with Gasteiger partial charge in [-0.1, -0.05) is 26.0 Å². The van der Waals surface area contributed by atoms with Crippen LogP contribution in [0.1, 0.15) is 19.4 Å². The van der Waals surface area contributed by atoms with Gasteiger partial charge in [-0.05, 0) is 23.6 Å². The highest BCUT2D eigenvalue weighted by Gasteiger charge is 2.15. The highest BCUT2D eigenvalue weighted by Crippen LogP contribution is 2.09. The zero-order valence-electron chi connectivity index (χ0n) is 11.3. The molecule has 5 heteroatoms.